The first-order chi connectivity index (χ1) is 19.2. The van der Waals surface area contributed by atoms with E-state index in [9.17, 15) is 0 Å². The molecule has 0 N–H and O–H groups in total. The van der Waals surface area contributed by atoms with E-state index in [1.807, 2.05) is 12.1 Å². The summed E-state index contributed by atoms with van der Waals surface area (Å²) in [4.78, 5) is 0. The van der Waals surface area contributed by atoms with Gasteiger partial charge in [-0.25, -0.2) is 0 Å². The smallest absolute Gasteiger partial charge is 0.520 e. The van der Waals surface area contributed by atoms with Gasteiger partial charge in [0.1, 0.15) is 11.5 Å². The van der Waals surface area contributed by atoms with E-state index in [2.05, 4.69) is 128 Å². The van der Waals surface area contributed by atoms with Gasteiger partial charge in [-0.2, -0.15) is 0 Å². The number of rotatable bonds is 4. The van der Waals surface area contributed by atoms with Crippen LogP contribution in [0, 0.1) is 0 Å². The highest BCUT2D eigenvalue weighted by molar-refractivity contribution is 6.62. The Morgan fingerprint density at radius 1 is 0.410 bits per heavy atom. The summed E-state index contributed by atoms with van der Waals surface area (Å²) in [6.07, 6.45) is 0. The first kappa shape index (κ1) is 23.1. The fraction of sp³-hybridized carbons (Fsp3) is 0. The predicted octanol–water partition coefficient (Wildman–Crippen LogP) is 8.76. The molecule has 1 aliphatic heterocycles. The highest BCUT2D eigenvalue weighted by Crippen LogP contribution is 2.44. The van der Waals surface area contributed by atoms with Crippen LogP contribution in [0.1, 0.15) is 0 Å². The van der Waals surface area contributed by atoms with E-state index >= 15 is 0 Å². The van der Waals surface area contributed by atoms with E-state index in [1.54, 1.807) is 0 Å². The highest BCUT2D eigenvalue weighted by Gasteiger charge is 2.34. The molecule has 0 radical (unpaired) electrons. The van der Waals surface area contributed by atoms with Crippen LogP contribution in [0.3, 0.4) is 0 Å². The van der Waals surface area contributed by atoms with Crippen LogP contribution in [-0.4, -0.2) is 7.12 Å². The maximum absolute atomic E-state index is 5.71. The lowest BCUT2D eigenvalue weighted by Gasteiger charge is -2.18. The SMILES string of the molecule is C=C1OB(c2ccc(-c3ccc4c(-c5ccccc5)c5ccccc5c(-c5ccccc5)c4c3)cc2)OC1=C. The van der Waals surface area contributed by atoms with Crippen LogP contribution in [0.15, 0.2) is 152 Å². The first-order valence-electron chi connectivity index (χ1n) is 13.1. The van der Waals surface area contributed by atoms with Crippen molar-refractivity contribution in [1.29, 1.82) is 0 Å². The van der Waals surface area contributed by atoms with Crippen molar-refractivity contribution in [3.8, 4) is 33.4 Å². The molecule has 1 saturated heterocycles. The Morgan fingerprint density at radius 3 is 1.44 bits per heavy atom. The summed E-state index contributed by atoms with van der Waals surface area (Å²) in [7, 11) is -0.500. The van der Waals surface area contributed by atoms with Crippen molar-refractivity contribution in [2.24, 2.45) is 0 Å². The quantitative estimate of drug-likeness (QED) is 0.178. The van der Waals surface area contributed by atoms with Gasteiger partial charge in [0.15, 0.2) is 0 Å². The van der Waals surface area contributed by atoms with E-state index in [-0.39, 0.29) is 0 Å². The van der Waals surface area contributed by atoms with Gasteiger partial charge in [-0.05, 0) is 61.0 Å². The summed E-state index contributed by atoms with van der Waals surface area (Å²) < 4.78 is 11.4. The zero-order chi connectivity index (χ0) is 26.3. The maximum atomic E-state index is 5.71. The monoisotopic (exact) mass is 500 g/mol. The molecule has 1 fully saturated rings. The summed E-state index contributed by atoms with van der Waals surface area (Å²) in [5.74, 6) is 0.960. The molecule has 1 aliphatic rings. The third-order valence-corrected chi connectivity index (χ3v) is 7.47. The Balaban J connectivity index is 1.45. The van der Waals surface area contributed by atoms with Gasteiger partial charge in [0.25, 0.3) is 0 Å². The summed E-state index contributed by atoms with van der Waals surface area (Å²) in [5, 5.41) is 4.98. The van der Waals surface area contributed by atoms with E-state index in [1.165, 1.54) is 43.8 Å². The molecule has 0 saturated carbocycles. The lowest BCUT2D eigenvalue weighted by Crippen LogP contribution is -2.30. The predicted molar refractivity (Wildman–Crippen MR) is 164 cm³/mol. The van der Waals surface area contributed by atoms with Crippen LogP contribution >= 0.6 is 0 Å². The molecule has 0 unspecified atom stereocenters. The molecule has 2 nitrogen and oxygen atoms in total. The lowest BCUT2D eigenvalue weighted by molar-refractivity contribution is 0.431. The van der Waals surface area contributed by atoms with E-state index < -0.39 is 7.12 Å². The Morgan fingerprint density at radius 2 is 0.872 bits per heavy atom. The Hall–Kier alpha value is -5.02. The van der Waals surface area contributed by atoms with Gasteiger partial charge in [-0.15, -0.1) is 0 Å². The standard InChI is InChI=1S/C36H25BO2/c1-24-25(2)39-37(38-24)30-20-17-26(18-21-30)29-19-22-33-34(23-29)36(28-13-7-4-8-14-28)32-16-10-9-15-31(32)35(33)27-11-5-3-6-12-27/h3-23H,1-2H2. The Bertz CT molecular complexity index is 1860. The van der Waals surface area contributed by atoms with Crippen LogP contribution in [0.4, 0.5) is 0 Å². The van der Waals surface area contributed by atoms with E-state index in [0.29, 0.717) is 11.5 Å². The normalized spacial score (nSPS) is 13.1. The minimum atomic E-state index is -0.500. The molecule has 6 aromatic carbocycles. The lowest BCUT2D eigenvalue weighted by atomic mass is 9.78. The Labute approximate surface area is 228 Å². The van der Waals surface area contributed by atoms with Crippen molar-refractivity contribution in [2.45, 2.75) is 0 Å². The fourth-order valence-electron chi connectivity index (χ4n) is 5.57. The second-order valence-electron chi connectivity index (χ2n) is 9.82. The zero-order valence-corrected chi connectivity index (χ0v) is 21.4. The molecule has 0 aliphatic carbocycles. The molecule has 184 valence electrons. The van der Waals surface area contributed by atoms with Gasteiger partial charge >= 0.3 is 7.12 Å². The summed E-state index contributed by atoms with van der Waals surface area (Å²) in [6, 6.07) is 45.3. The van der Waals surface area contributed by atoms with Gasteiger partial charge < -0.3 is 9.31 Å². The fourth-order valence-corrected chi connectivity index (χ4v) is 5.57. The number of fused-ring (bicyclic) bond motifs is 2. The van der Waals surface area contributed by atoms with Crippen molar-refractivity contribution in [3.63, 3.8) is 0 Å². The van der Waals surface area contributed by atoms with Crippen molar-refractivity contribution in [2.75, 3.05) is 0 Å². The molecule has 1 heterocycles. The average Bonchev–Trinajstić information content (AvgIpc) is 3.34. The second kappa shape index (κ2) is 9.38. The van der Waals surface area contributed by atoms with Gasteiger partial charge in [0.05, 0.1) is 0 Å². The first-order valence-corrected chi connectivity index (χ1v) is 13.1. The zero-order valence-electron chi connectivity index (χ0n) is 21.4. The van der Waals surface area contributed by atoms with Crippen LogP contribution < -0.4 is 5.46 Å². The molecular formula is C36H25BO2. The molecule has 3 heteroatoms. The number of hydrogen-bond donors (Lipinski definition) is 0. The summed E-state index contributed by atoms with van der Waals surface area (Å²) in [6.45, 7) is 7.68. The third-order valence-electron chi connectivity index (χ3n) is 7.47. The highest BCUT2D eigenvalue weighted by atomic mass is 16.6. The molecule has 0 bridgehead atoms. The van der Waals surface area contributed by atoms with Gasteiger partial charge in [-0.1, -0.05) is 134 Å². The minimum Gasteiger partial charge on any atom is -0.520 e. The minimum absolute atomic E-state index is 0.480. The van der Waals surface area contributed by atoms with Gasteiger partial charge in [0, 0.05) is 5.46 Å². The molecule has 0 amide bonds. The van der Waals surface area contributed by atoms with Crippen molar-refractivity contribution >= 4 is 34.1 Å². The van der Waals surface area contributed by atoms with Crippen LogP contribution in [-0.2, 0) is 9.31 Å². The second-order valence-corrected chi connectivity index (χ2v) is 9.82. The number of hydrogen-bond acceptors (Lipinski definition) is 2. The van der Waals surface area contributed by atoms with Crippen molar-refractivity contribution in [3.05, 3.63) is 152 Å². The van der Waals surface area contributed by atoms with Crippen molar-refractivity contribution < 1.29 is 9.31 Å². The van der Waals surface area contributed by atoms with Crippen LogP contribution in [0.5, 0.6) is 0 Å². The largest absolute Gasteiger partial charge is 0.632 e. The van der Waals surface area contributed by atoms with Crippen LogP contribution in [0.25, 0.3) is 54.9 Å². The average molecular weight is 500 g/mol. The summed E-state index contributed by atoms with van der Waals surface area (Å²) >= 11 is 0. The number of benzene rings is 6. The van der Waals surface area contributed by atoms with Gasteiger partial charge in [0.2, 0.25) is 0 Å². The molecule has 39 heavy (non-hydrogen) atoms. The molecule has 6 aromatic rings. The molecule has 0 atom stereocenters. The van der Waals surface area contributed by atoms with Crippen LogP contribution in [0.2, 0.25) is 0 Å². The topological polar surface area (TPSA) is 18.5 Å². The van der Waals surface area contributed by atoms with E-state index in [0.717, 1.165) is 16.6 Å². The van der Waals surface area contributed by atoms with Crippen molar-refractivity contribution in [1.82, 2.24) is 0 Å². The Kier molecular flexibility index (Phi) is 5.56. The summed E-state index contributed by atoms with van der Waals surface area (Å²) in [5.41, 5.74) is 8.16. The molecule has 7 rings (SSSR count). The van der Waals surface area contributed by atoms with Gasteiger partial charge in [-0.3, -0.25) is 0 Å². The molecule has 0 spiro atoms. The maximum Gasteiger partial charge on any atom is 0.632 e. The molecule has 0 aromatic heterocycles. The van der Waals surface area contributed by atoms with E-state index in [4.69, 9.17) is 9.31 Å². The molecular weight excluding hydrogens is 475 g/mol. The third kappa shape index (κ3) is 4.00.